The molecule has 1 aliphatic carbocycles. The number of carbonyl (C=O) groups is 1. The summed E-state index contributed by atoms with van der Waals surface area (Å²) in [7, 11) is 0. The molecule has 0 spiro atoms. The van der Waals surface area contributed by atoms with E-state index in [1.165, 1.54) is 0 Å². The fourth-order valence-electron chi connectivity index (χ4n) is 4.66. The number of fused-ring (bicyclic) bond motifs is 3. The number of anilines is 1. The van der Waals surface area contributed by atoms with Crippen molar-refractivity contribution in [3.63, 3.8) is 0 Å². The standard InChI is InChI=1S/C29H21Cl2N3O2/c1-17-6-5-7-18(12-17)16-36-29(35)34-28-27(32-2)26-20(15-33-28)13-23(21-8-3-4-9-22(21)26)19-10-11-24(30)25(31)14-19/h3-12,14-15,23H,13,16H2,1H3,(H,33,34,35). The van der Waals surface area contributed by atoms with Gasteiger partial charge >= 0.3 is 6.09 Å². The molecule has 1 heterocycles. The minimum atomic E-state index is -0.661. The van der Waals surface area contributed by atoms with E-state index in [0.29, 0.717) is 22.2 Å². The molecule has 7 heteroatoms. The van der Waals surface area contributed by atoms with Crippen molar-refractivity contribution < 1.29 is 9.53 Å². The van der Waals surface area contributed by atoms with Gasteiger partial charge in [0.25, 0.3) is 0 Å². The second-order valence-electron chi connectivity index (χ2n) is 8.68. The maximum absolute atomic E-state index is 12.5. The number of pyridine rings is 1. The zero-order valence-electron chi connectivity index (χ0n) is 19.4. The summed E-state index contributed by atoms with van der Waals surface area (Å²) in [5, 5.41) is 3.67. The lowest BCUT2D eigenvalue weighted by Crippen LogP contribution is -2.17. The molecule has 1 amide bonds. The molecule has 0 radical (unpaired) electrons. The average Bonchev–Trinajstić information content (AvgIpc) is 2.88. The number of ether oxygens (including phenoxy) is 1. The molecule has 178 valence electrons. The van der Waals surface area contributed by atoms with Gasteiger partial charge in [-0.3, -0.25) is 10.3 Å². The second-order valence-corrected chi connectivity index (χ2v) is 9.49. The number of hydrogen-bond donors (Lipinski definition) is 1. The SMILES string of the molecule is [C-]#[N+]c1c(NC(=O)OCc2cccc(C)c2)ncc2c1-c1ccccc1C(c1ccc(Cl)c(Cl)c1)C2. The number of rotatable bonds is 4. The third-order valence-corrected chi connectivity index (χ3v) is 7.03. The van der Waals surface area contributed by atoms with Gasteiger partial charge in [-0.25, -0.2) is 9.64 Å². The van der Waals surface area contributed by atoms with Crippen molar-refractivity contribution in [1.29, 1.82) is 0 Å². The zero-order chi connectivity index (χ0) is 25.2. The second kappa shape index (κ2) is 10.0. The number of nitrogens with zero attached hydrogens (tertiary/aromatic N) is 2. The van der Waals surface area contributed by atoms with Crippen molar-refractivity contribution in [3.8, 4) is 11.1 Å². The van der Waals surface area contributed by atoms with Crippen LogP contribution in [0.5, 0.6) is 0 Å². The molecule has 1 atom stereocenters. The van der Waals surface area contributed by atoms with Crippen LogP contribution in [0.1, 0.15) is 33.7 Å². The molecule has 0 saturated heterocycles. The highest BCUT2D eigenvalue weighted by Gasteiger charge is 2.30. The average molecular weight is 514 g/mol. The lowest BCUT2D eigenvalue weighted by Gasteiger charge is -2.29. The van der Waals surface area contributed by atoms with Crippen molar-refractivity contribution in [3.05, 3.63) is 122 Å². The van der Waals surface area contributed by atoms with Crippen LogP contribution < -0.4 is 5.32 Å². The van der Waals surface area contributed by atoms with Crippen molar-refractivity contribution in [2.24, 2.45) is 0 Å². The van der Waals surface area contributed by atoms with Gasteiger partial charge in [-0.15, -0.1) is 0 Å². The van der Waals surface area contributed by atoms with Crippen LogP contribution in [0.2, 0.25) is 10.0 Å². The first-order valence-corrected chi connectivity index (χ1v) is 12.1. The number of amides is 1. The monoisotopic (exact) mass is 513 g/mol. The van der Waals surface area contributed by atoms with Crippen LogP contribution in [0.3, 0.4) is 0 Å². The zero-order valence-corrected chi connectivity index (χ0v) is 20.9. The van der Waals surface area contributed by atoms with Gasteiger partial charge in [0.05, 0.1) is 16.6 Å². The number of hydrogen-bond acceptors (Lipinski definition) is 3. The number of aromatic nitrogens is 1. The van der Waals surface area contributed by atoms with E-state index in [9.17, 15) is 4.79 Å². The Morgan fingerprint density at radius 1 is 1.11 bits per heavy atom. The predicted octanol–water partition coefficient (Wildman–Crippen LogP) is 8.35. The quantitative estimate of drug-likeness (QED) is 0.279. The van der Waals surface area contributed by atoms with Gasteiger partial charge in [-0.05, 0) is 58.9 Å². The Labute approximate surface area is 219 Å². The summed E-state index contributed by atoms with van der Waals surface area (Å²) in [6.45, 7) is 10.0. The van der Waals surface area contributed by atoms with Crippen LogP contribution in [0, 0.1) is 13.5 Å². The summed E-state index contributed by atoms with van der Waals surface area (Å²) in [5.74, 6) is 0.211. The highest BCUT2D eigenvalue weighted by Crippen LogP contribution is 2.48. The van der Waals surface area contributed by atoms with E-state index < -0.39 is 6.09 Å². The van der Waals surface area contributed by atoms with Gasteiger partial charge in [-0.2, -0.15) is 0 Å². The highest BCUT2D eigenvalue weighted by atomic mass is 35.5. The Bertz CT molecular complexity index is 1530. The number of aryl methyl sites for hydroxylation is 1. The van der Waals surface area contributed by atoms with Gasteiger partial charge in [-0.1, -0.05) is 83.4 Å². The first-order chi connectivity index (χ1) is 17.4. The Morgan fingerprint density at radius 3 is 2.72 bits per heavy atom. The van der Waals surface area contributed by atoms with Gasteiger partial charge in [0.2, 0.25) is 5.69 Å². The van der Waals surface area contributed by atoms with E-state index >= 15 is 0 Å². The fourth-order valence-corrected chi connectivity index (χ4v) is 4.97. The van der Waals surface area contributed by atoms with Crippen LogP contribution in [0.25, 0.3) is 16.0 Å². The first kappa shape index (κ1) is 23.9. The topological polar surface area (TPSA) is 55.6 Å². The molecular weight excluding hydrogens is 493 g/mol. The Kier molecular flexibility index (Phi) is 6.65. The summed E-state index contributed by atoms with van der Waals surface area (Å²) >= 11 is 12.5. The van der Waals surface area contributed by atoms with Crippen molar-refractivity contribution in [2.75, 3.05) is 5.32 Å². The molecule has 36 heavy (non-hydrogen) atoms. The lowest BCUT2D eigenvalue weighted by atomic mass is 9.76. The van der Waals surface area contributed by atoms with Crippen LogP contribution in [0.15, 0.2) is 72.9 Å². The van der Waals surface area contributed by atoms with Gasteiger partial charge in [0, 0.05) is 12.1 Å². The lowest BCUT2D eigenvalue weighted by molar-refractivity contribution is 0.155. The molecular formula is C29H21Cl2N3O2. The van der Waals surface area contributed by atoms with Gasteiger partial charge in [0.15, 0.2) is 0 Å². The maximum Gasteiger partial charge on any atom is 0.412 e. The molecule has 3 aromatic carbocycles. The number of halogens is 2. The minimum absolute atomic E-state index is 0.0296. The van der Waals surface area contributed by atoms with Crippen molar-refractivity contribution in [1.82, 2.24) is 4.98 Å². The van der Waals surface area contributed by atoms with Crippen LogP contribution in [-0.4, -0.2) is 11.1 Å². The Hall–Kier alpha value is -3.85. The van der Waals surface area contributed by atoms with Crippen molar-refractivity contribution in [2.45, 2.75) is 25.9 Å². The van der Waals surface area contributed by atoms with Crippen LogP contribution in [-0.2, 0) is 17.8 Å². The summed E-state index contributed by atoms with van der Waals surface area (Å²) in [6, 6.07) is 21.4. The number of carbonyl (C=O) groups excluding carboxylic acids is 1. The molecule has 0 bridgehead atoms. The first-order valence-electron chi connectivity index (χ1n) is 11.4. The normalized spacial score (nSPS) is 13.8. The maximum atomic E-state index is 12.5. The molecule has 0 aliphatic heterocycles. The molecule has 1 aromatic heterocycles. The predicted molar refractivity (Wildman–Crippen MR) is 143 cm³/mol. The largest absolute Gasteiger partial charge is 0.444 e. The summed E-state index contributed by atoms with van der Waals surface area (Å²) in [6.07, 6.45) is 1.70. The van der Waals surface area contributed by atoms with E-state index in [0.717, 1.165) is 38.9 Å². The van der Waals surface area contributed by atoms with E-state index in [4.69, 9.17) is 34.5 Å². The third kappa shape index (κ3) is 4.66. The van der Waals surface area contributed by atoms with E-state index in [2.05, 4.69) is 21.2 Å². The molecule has 4 aromatic rings. The summed E-state index contributed by atoms with van der Waals surface area (Å²) in [4.78, 5) is 20.7. The third-order valence-electron chi connectivity index (χ3n) is 6.29. The highest BCUT2D eigenvalue weighted by molar-refractivity contribution is 6.42. The molecule has 1 unspecified atom stereocenters. The number of benzene rings is 3. The number of nitrogens with one attached hydrogen (secondary N) is 1. The van der Waals surface area contributed by atoms with E-state index in [-0.39, 0.29) is 18.3 Å². The smallest absolute Gasteiger partial charge is 0.412 e. The summed E-state index contributed by atoms with van der Waals surface area (Å²) < 4.78 is 5.38. The molecule has 1 N–H and O–H groups in total. The van der Waals surface area contributed by atoms with E-state index in [1.807, 2.05) is 61.5 Å². The van der Waals surface area contributed by atoms with Crippen LogP contribution in [0.4, 0.5) is 16.3 Å². The Morgan fingerprint density at radius 2 is 1.94 bits per heavy atom. The fraction of sp³-hybridized carbons (Fsp3) is 0.138. The molecule has 5 nitrogen and oxygen atoms in total. The molecule has 5 rings (SSSR count). The van der Waals surface area contributed by atoms with Crippen LogP contribution >= 0.6 is 23.2 Å². The Balaban J connectivity index is 1.46. The summed E-state index contributed by atoms with van der Waals surface area (Å²) in [5.41, 5.74) is 7.01. The molecule has 0 saturated carbocycles. The molecule has 1 aliphatic rings. The van der Waals surface area contributed by atoms with Gasteiger partial charge < -0.3 is 4.74 Å². The van der Waals surface area contributed by atoms with Gasteiger partial charge in [0.1, 0.15) is 12.4 Å². The van der Waals surface area contributed by atoms with Crippen molar-refractivity contribution >= 4 is 40.8 Å². The molecule has 0 fully saturated rings. The minimum Gasteiger partial charge on any atom is -0.444 e. The van der Waals surface area contributed by atoms with E-state index in [1.54, 1.807) is 12.3 Å².